The Morgan fingerprint density at radius 1 is 0.900 bits per heavy atom. The number of aliphatic hydroxyl groups excluding tert-OH is 1. The molecular formula is C60H75ClFN11O6S. The van der Waals surface area contributed by atoms with Crippen LogP contribution in [-0.4, -0.2) is 178 Å². The lowest BCUT2D eigenvalue weighted by Gasteiger charge is -2.39. The van der Waals surface area contributed by atoms with Gasteiger partial charge in [0.25, 0.3) is 0 Å². The molecule has 426 valence electrons. The number of hydrogen-bond donors (Lipinski definition) is 5. The minimum absolute atomic E-state index is 0.00757. The number of hydrogen-bond acceptors (Lipinski definition) is 15. The Morgan fingerprint density at radius 2 is 1.61 bits per heavy atom. The molecule has 3 unspecified atom stereocenters. The molecule has 4 aliphatic rings. The molecule has 20 heteroatoms. The van der Waals surface area contributed by atoms with E-state index in [0.29, 0.717) is 42.3 Å². The van der Waals surface area contributed by atoms with Crippen LogP contribution >= 0.6 is 22.9 Å². The number of anilines is 1. The van der Waals surface area contributed by atoms with Gasteiger partial charge < -0.3 is 45.6 Å². The lowest BCUT2D eigenvalue weighted by molar-refractivity contribution is -0.144. The van der Waals surface area contributed by atoms with Crippen LogP contribution in [0.5, 0.6) is 11.8 Å². The third kappa shape index (κ3) is 13.0. The molecule has 6 aromatic rings. The van der Waals surface area contributed by atoms with Crippen molar-refractivity contribution in [1.82, 2.24) is 50.5 Å². The van der Waals surface area contributed by atoms with Crippen molar-refractivity contribution in [2.24, 2.45) is 11.3 Å². The summed E-state index contributed by atoms with van der Waals surface area (Å²) in [5.74, 6) is -0.496. The van der Waals surface area contributed by atoms with Gasteiger partial charge in [-0.3, -0.25) is 24.2 Å². The molecule has 80 heavy (non-hydrogen) atoms. The fraction of sp³-hybridized carbons (Fsp3) is 0.500. The van der Waals surface area contributed by atoms with Crippen molar-refractivity contribution >= 4 is 68.2 Å². The highest BCUT2D eigenvalue weighted by atomic mass is 35.5. The van der Waals surface area contributed by atoms with E-state index in [2.05, 4.69) is 40.5 Å². The van der Waals surface area contributed by atoms with Crippen LogP contribution in [0.4, 0.5) is 10.2 Å². The van der Waals surface area contributed by atoms with Crippen molar-refractivity contribution in [2.75, 3.05) is 96.5 Å². The lowest BCUT2D eigenvalue weighted by atomic mass is 9.85. The highest BCUT2D eigenvalue weighted by Gasteiger charge is 2.45. The fourth-order valence-electron chi connectivity index (χ4n) is 11.9. The van der Waals surface area contributed by atoms with Crippen LogP contribution in [0.15, 0.2) is 72.2 Å². The number of aromatic nitrogens is 3. The first-order valence-corrected chi connectivity index (χ1v) is 29.4. The van der Waals surface area contributed by atoms with Crippen molar-refractivity contribution in [2.45, 2.75) is 91.1 Å². The number of fused-ring (bicyclic) bond motifs is 2. The number of nitrogens with zero attached hydrogens (tertiary/aromatic N) is 8. The Morgan fingerprint density at radius 3 is 2.31 bits per heavy atom. The second-order valence-electron chi connectivity index (χ2n) is 23.4. The van der Waals surface area contributed by atoms with E-state index in [4.69, 9.17) is 26.3 Å². The molecule has 4 saturated heterocycles. The number of aryl methyl sites for hydroxylation is 1. The Bertz CT molecular complexity index is 3190. The van der Waals surface area contributed by atoms with E-state index in [1.165, 1.54) is 11.0 Å². The monoisotopic (exact) mass is 1130 g/mol. The number of ether oxygens (including phenoxy) is 1. The summed E-state index contributed by atoms with van der Waals surface area (Å²) in [5, 5.41) is 33.2. The van der Waals surface area contributed by atoms with Gasteiger partial charge in [-0.15, -0.1) is 11.3 Å². The number of carbonyl (C=O) groups is 3. The lowest BCUT2D eigenvalue weighted by Crippen LogP contribution is -2.59. The van der Waals surface area contributed by atoms with Gasteiger partial charge >= 0.3 is 6.01 Å². The number of piperazine rings is 2. The molecule has 4 aliphatic heterocycles. The number of amides is 3. The molecule has 2 aromatic heterocycles. The van der Waals surface area contributed by atoms with Crippen LogP contribution in [-0.2, 0) is 14.4 Å². The molecule has 5 N–H and O–H groups in total. The van der Waals surface area contributed by atoms with Crippen molar-refractivity contribution in [3.63, 3.8) is 0 Å². The van der Waals surface area contributed by atoms with Crippen molar-refractivity contribution in [3.8, 4) is 33.3 Å². The molecule has 0 spiro atoms. The third-order valence-electron chi connectivity index (χ3n) is 16.3. The minimum atomic E-state index is -0.901. The predicted molar refractivity (Wildman–Crippen MR) is 313 cm³/mol. The number of β-amino-alcohol motifs (C(OH)–C–C–N with tert-alkyl or cyclic N) is 1. The standard InChI is InChI=1S/C60H75ClFN11O6S/c1-36(79-59-67-53-47(56(68-59)72-21-17-63-18-22-72)30-48(61)51(52(53)62)46-28-43(74)27-42-9-7-8-10-45(42)46)31-70-23-25-71(26-24-70)32-39-15-19-69(20-16-39)34-50(76)66-55(60(4,5)6)58(78)73-33-44(75)29-49(73)57(77)65-37(2)40-11-13-41(14-12-40)54-38(3)64-35-80-54/h7-14,27-28,30,35-37,39,44,49,55,63,74-75H,15-26,29,31-34H2,1-6H3,(H,65,77)(H,66,76)/t36?,37?,44-,49+,55?/m1/s1. The second kappa shape index (κ2) is 24.6. The van der Waals surface area contributed by atoms with E-state index in [1.54, 1.807) is 23.5 Å². The van der Waals surface area contributed by atoms with E-state index in [0.717, 1.165) is 104 Å². The number of rotatable bonds is 16. The number of aromatic hydroxyl groups is 1. The number of nitrogens with one attached hydrogen (secondary N) is 3. The van der Waals surface area contributed by atoms with Gasteiger partial charge in [0.05, 0.1) is 39.8 Å². The molecule has 0 radical (unpaired) electrons. The van der Waals surface area contributed by atoms with Crippen molar-refractivity contribution < 1.29 is 33.7 Å². The smallest absolute Gasteiger partial charge is 0.319 e. The molecule has 4 fully saturated rings. The van der Waals surface area contributed by atoms with Crippen LogP contribution in [0.2, 0.25) is 5.02 Å². The number of benzene rings is 4. The van der Waals surface area contributed by atoms with Gasteiger partial charge in [-0.25, -0.2) is 9.37 Å². The summed E-state index contributed by atoms with van der Waals surface area (Å²) in [4.78, 5) is 67.6. The highest BCUT2D eigenvalue weighted by Crippen LogP contribution is 2.43. The first-order chi connectivity index (χ1) is 38.4. The van der Waals surface area contributed by atoms with E-state index >= 15 is 4.39 Å². The van der Waals surface area contributed by atoms with E-state index in [1.807, 2.05) is 95.6 Å². The summed E-state index contributed by atoms with van der Waals surface area (Å²) < 4.78 is 23.5. The average molecular weight is 1130 g/mol. The Balaban J connectivity index is 0.696. The number of halogens is 2. The molecule has 3 amide bonds. The van der Waals surface area contributed by atoms with Gasteiger partial charge in [0.1, 0.15) is 35.3 Å². The van der Waals surface area contributed by atoms with Gasteiger partial charge in [-0.05, 0) is 104 Å². The summed E-state index contributed by atoms with van der Waals surface area (Å²) in [6.07, 6.45) is 0.870. The average Bonchev–Trinajstić information content (AvgIpc) is 4.13. The van der Waals surface area contributed by atoms with Crippen molar-refractivity contribution in [3.05, 3.63) is 94.3 Å². The number of aliphatic hydroxyl groups is 1. The fourth-order valence-corrected chi connectivity index (χ4v) is 13.0. The summed E-state index contributed by atoms with van der Waals surface area (Å²) in [5.41, 5.74) is 4.84. The maximum Gasteiger partial charge on any atom is 0.319 e. The summed E-state index contributed by atoms with van der Waals surface area (Å²) >= 11 is 8.51. The predicted octanol–water partition coefficient (Wildman–Crippen LogP) is 7.26. The van der Waals surface area contributed by atoms with Crippen molar-refractivity contribution in [1.29, 1.82) is 0 Å². The first-order valence-electron chi connectivity index (χ1n) is 28.2. The quantitative estimate of drug-likeness (QED) is 0.0651. The largest absolute Gasteiger partial charge is 0.508 e. The van der Waals surface area contributed by atoms with Crippen LogP contribution in [0.3, 0.4) is 0 Å². The van der Waals surface area contributed by atoms with Gasteiger partial charge in [0, 0.05) is 89.4 Å². The van der Waals surface area contributed by atoms with Crippen LogP contribution in [0.25, 0.3) is 43.2 Å². The molecule has 4 aromatic carbocycles. The zero-order valence-electron chi connectivity index (χ0n) is 46.7. The Labute approximate surface area is 476 Å². The Kier molecular flexibility index (Phi) is 17.6. The normalized spacial score (nSPS) is 20.3. The van der Waals surface area contributed by atoms with Crippen LogP contribution < -0.4 is 25.6 Å². The van der Waals surface area contributed by atoms with E-state index in [-0.39, 0.29) is 77.2 Å². The number of phenols is 1. The summed E-state index contributed by atoms with van der Waals surface area (Å²) in [7, 11) is 0. The van der Waals surface area contributed by atoms with Gasteiger partial charge in [0.15, 0.2) is 5.82 Å². The topological polar surface area (TPSA) is 192 Å². The van der Waals surface area contributed by atoms with E-state index in [9.17, 15) is 24.6 Å². The zero-order valence-corrected chi connectivity index (χ0v) is 48.3. The maximum absolute atomic E-state index is 17.1. The molecule has 5 atom stereocenters. The Hall–Kier alpha value is -6.06. The van der Waals surface area contributed by atoms with Gasteiger partial charge in [0.2, 0.25) is 17.7 Å². The number of phenolic OH excluding ortho intramolecular Hbond substituents is 1. The van der Waals surface area contributed by atoms with Gasteiger partial charge in [-0.1, -0.05) is 80.9 Å². The summed E-state index contributed by atoms with van der Waals surface area (Å²) in [6, 6.07) is 18.4. The van der Waals surface area contributed by atoms with Crippen LogP contribution in [0.1, 0.15) is 71.2 Å². The molecule has 0 bridgehead atoms. The molecular weight excluding hydrogens is 1060 g/mol. The molecule has 17 nitrogen and oxygen atoms in total. The third-order valence-corrected chi connectivity index (χ3v) is 17.6. The molecule has 0 aliphatic carbocycles. The number of piperidine rings is 1. The number of thiazole rings is 1. The van der Waals surface area contributed by atoms with Gasteiger partial charge in [-0.2, -0.15) is 9.97 Å². The van der Waals surface area contributed by atoms with E-state index < -0.39 is 29.4 Å². The second-order valence-corrected chi connectivity index (χ2v) is 24.6. The first kappa shape index (κ1) is 57.2. The highest BCUT2D eigenvalue weighted by molar-refractivity contribution is 7.13. The molecule has 0 saturated carbocycles. The SMILES string of the molecule is Cc1ncsc1-c1ccc(C(C)NC(=O)[C@@H]2C[C@@H](O)CN2C(=O)C(NC(=O)CN2CCC(CN3CCN(CC(C)Oc4nc(N5CCNCC5)c5cc(Cl)c(-c6cc(O)cc7ccccc67)c(F)c5n4)CC3)CC2)C(C)(C)C)cc1. The van der Waals surface area contributed by atoms with Crippen LogP contribution in [0, 0.1) is 24.1 Å². The molecule has 10 rings (SSSR count). The maximum atomic E-state index is 17.1. The minimum Gasteiger partial charge on any atom is -0.508 e. The molecule has 6 heterocycles. The number of likely N-dealkylation sites (tertiary alicyclic amines) is 2. The number of carbonyl (C=O) groups excluding carboxylic acids is 3. The summed E-state index contributed by atoms with van der Waals surface area (Å²) in [6.45, 7) is 21.3. The zero-order chi connectivity index (χ0) is 56.4.